The molecule has 1 fully saturated rings. The standard InChI is InChI=1S/C15H24N4O/c1-2-13-9-12(10-14(18-13)19-16)15(20)17-8-7-11-5-3-4-6-11/h9-11H,2-8,16H2,1H3,(H,17,20)(H,18,19). The van der Waals surface area contributed by atoms with Crippen LogP contribution in [0.1, 0.15) is 55.1 Å². The number of hydrogen-bond donors (Lipinski definition) is 3. The zero-order chi connectivity index (χ0) is 14.4. The summed E-state index contributed by atoms with van der Waals surface area (Å²) < 4.78 is 0. The van der Waals surface area contributed by atoms with Crippen LogP contribution in [0.4, 0.5) is 5.82 Å². The third kappa shape index (κ3) is 3.93. The molecule has 1 aromatic rings. The van der Waals surface area contributed by atoms with E-state index in [0.29, 0.717) is 11.4 Å². The van der Waals surface area contributed by atoms with E-state index in [4.69, 9.17) is 5.84 Å². The lowest BCUT2D eigenvalue weighted by Crippen LogP contribution is -2.26. The topological polar surface area (TPSA) is 80.0 Å². The molecule has 1 aromatic heterocycles. The van der Waals surface area contributed by atoms with Crippen LogP contribution in [0, 0.1) is 5.92 Å². The molecule has 0 aromatic carbocycles. The fraction of sp³-hybridized carbons (Fsp3) is 0.600. The van der Waals surface area contributed by atoms with Gasteiger partial charge in [0.25, 0.3) is 5.91 Å². The SMILES string of the molecule is CCc1cc(C(=O)NCCC2CCCC2)cc(NN)n1. The number of nitrogen functional groups attached to an aromatic ring is 1. The maximum atomic E-state index is 12.1. The molecular formula is C15H24N4O. The van der Waals surface area contributed by atoms with E-state index in [1.54, 1.807) is 6.07 Å². The number of rotatable bonds is 6. The van der Waals surface area contributed by atoms with Gasteiger partial charge < -0.3 is 10.7 Å². The lowest BCUT2D eigenvalue weighted by atomic mass is 10.0. The Hall–Kier alpha value is -1.62. The molecule has 4 N–H and O–H groups in total. The highest BCUT2D eigenvalue weighted by Crippen LogP contribution is 2.26. The van der Waals surface area contributed by atoms with Crippen molar-refractivity contribution < 1.29 is 4.79 Å². The van der Waals surface area contributed by atoms with E-state index in [0.717, 1.165) is 31.0 Å². The number of anilines is 1. The van der Waals surface area contributed by atoms with Crippen molar-refractivity contribution in [3.8, 4) is 0 Å². The van der Waals surface area contributed by atoms with Gasteiger partial charge in [0.1, 0.15) is 5.82 Å². The molecule has 5 heteroatoms. The van der Waals surface area contributed by atoms with Gasteiger partial charge in [0.2, 0.25) is 0 Å². The van der Waals surface area contributed by atoms with Gasteiger partial charge in [0.05, 0.1) is 0 Å². The van der Waals surface area contributed by atoms with E-state index in [2.05, 4.69) is 15.7 Å². The van der Waals surface area contributed by atoms with Crippen molar-refractivity contribution in [2.45, 2.75) is 45.4 Å². The summed E-state index contributed by atoms with van der Waals surface area (Å²) >= 11 is 0. The van der Waals surface area contributed by atoms with Gasteiger partial charge >= 0.3 is 0 Å². The van der Waals surface area contributed by atoms with Crippen molar-refractivity contribution in [3.05, 3.63) is 23.4 Å². The molecule has 1 heterocycles. The van der Waals surface area contributed by atoms with Gasteiger partial charge in [-0.25, -0.2) is 10.8 Å². The maximum absolute atomic E-state index is 12.1. The second-order valence-electron chi connectivity index (χ2n) is 5.43. The molecule has 20 heavy (non-hydrogen) atoms. The molecule has 5 nitrogen and oxygen atoms in total. The van der Waals surface area contributed by atoms with Gasteiger partial charge in [-0.3, -0.25) is 4.79 Å². The van der Waals surface area contributed by atoms with Gasteiger partial charge in [-0.1, -0.05) is 32.6 Å². The third-order valence-electron chi connectivity index (χ3n) is 3.96. The Morgan fingerprint density at radius 3 is 2.80 bits per heavy atom. The number of hydrazine groups is 1. The van der Waals surface area contributed by atoms with Crippen molar-refractivity contribution in [3.63, 3.8) is 0 Å². The average Bonchev–Trinajstić information content (AvgIpc) is 2.99. The lowest BCUT2D eigenvalue weighted by molar-refractivity contribution is 0.0951. The van der Waals surface area contributed by atoms with E-state index < -0.39 is 0 Å². The first-order valence-corrected chi connectivity index (χ1v) is 7.48. The first kappa shape index (κ1) is 14.8. The van der Waals surface area contributed by atoms with Crippen LogP contribution in [0.5, 0.6) is 0 Å². The minimum absolute atomic E-state index is 0.0448. The Morgan fingerprint density at radius 1 is 1.40 bits per heavy atom. The van der Waals surface area contributed by atoms with E-state index >= 15 is 0 Å². The largest absolute Gasteiger partial charge is 0.352 e. The quantitative estimate of drug-likeness (QED) is 0.550. The van der Waals surface area contributed by atoms with E-state index in [-0.39, 0.29) is 5.91 Å². The first-order chi connectivity index (χ1) is 9.72. The summed E-state index contributed by atoms with van der Waals surface area (Å²) in [6, 6.07) is 3.51. The number of pyridine rings is 1. The zero-order valence-corrected chi connectivity index (χ0v) is 12.1. The number of aryl methyl sites for hydroxylation is 1. The predicted octanol–water partition coefficient (Wildman–Crippen LogP) is 2.24. The Kier molecular flexibility index (Phi) is 5.35. The lowest BCUT2D eigenvalue weighted by Gasteiger charge is -2.11. The summed E-state index contributed by atoms with van der Waals surface area (Å²) in [5.41, 5.74) is 3.99. The van der Waals surface area contributed by atoms with Crippen LogP contribution in [0.3, 0.4) is 0 Å². The summed E-state index contributed by atoms with van der Waals surface area (Å²) in [5, 5.41) is 2.99. The highest BCUT2D eigenvalue weighted by atomic mass is 16.1. The Bertz CT molecular complexity index is 433. The fourth-order valence-corrected chi connectivity index (χ4v) is 2.76. The molecule has 110 valence electrons. The van der Waals surface area contributed by atoms with E-state index in [1.165, 1.54) is 25.7 Å². The molecule has 0 aliphatic heterocycles. The minimum Gasteiger partial charge on any atom is -0.352 e. The number of aromatic nitrogens is 1. The van der Waals surface area contributed by atoms with E-state index in [9.17, 15) is 4.79 Å². The van der Waals surface area contributed by atoms with Crippen molar-refractivity contribution >= 4 is 11.7 Å². The average molecular weight is 276 g/mol. The normalized spacial score (nSPS) is 15.3. The van der Waals surface area contributed by atoms with Crippen LogP contribution >= 0.6 is 0 Å². The highest BCUT2D eigenvalue weighted by molar-refractivity contribution is 5.94. The number of carbonyl (C=O) groups excluding carboxylic acids is 1. The number of nitrogens with one attached hydrogen (secondary N) is 2. The summed E-state index contributed by atoms with van der Waals surface area (Å²) in [6.07, 6.45) is 7.17. The Morgan fingerprint density at radius 2 is 2.15 bits per heavy atom. The number of amides is 1. The molecular weight excluding hydrogens is 252 g/mol. The van der Waals surface area contributed by atoms with Crippen molar-refractivity contribution in [1.29, 1.82) is 0 Å². The summed E-state index contributed by atoms with van der Waals surface area (Å²) in [4.78, 5) is 16.4. The van der Waals surface area contributed by atoms with Gasteiger partial charge in [0.15, 0.2) is 0 Å². The molecule has 1 amide bonds. The van der Waals surface area contributed by atoms with Crippen LogP contribution in [0.25, 0.3) is 0 Å². The van der Waals surface area contributed by atoms with Crippen molar-refractivity contribution in [1.82, 2.24) is 10.3 Å². The number of carbonyl (C=O) groups is 1. The van der Waals surface area contributed by atoms with Gasteiger partial charge in [-0.05, 0) is 30.9 Å². The van der Waals surface area contributed by atoms with Crippen LogP contribution in [0.15, 0.2) is 12.1 Å². The van der Waals surface area contributed by atoms with Gasteiger partial charge in [0, 0.05) is 17.8 Å². The molecule has 2 rings (SSSR count). The van der Waals surface area contributed by atoms with E-state index in [1.807, 2.05) is 13.0 Å². The highest BCUT2D eigenvalue weighted by Gasteiger charge is 2.15. The molecule has 0 saturated heterocycles. The van der Waals surface area contributed by atoms with Gasteiger partial charge in [-0.2, -0.15) is 0 Å². The number of hydrogen-bond acceptors (Lipinski definition) is 4. The third-order valence-corrected chi connectivity index (χ3v) is 3.96. The van der Waals surface area contributed by atoms with Crippen molar-refractivity contribution in [2.24, 2.45) is 11.8 Å². The molecule has 1 aliphatic carbocycles. The molecule has 0 radical (unpaired) electrons. The molecule has 0 atom stereocenters. The first-order valence-electron chi connectivity index (χ1n) is 7.48. The van der Waals surface area contributed by atoms with Crippen LogP contribution in [0.2, 0.25) is 0 Å². The maximum Gasteiger partial charge on any atom is 0.251 e. The van der Waals surface area contributed by atoms with Gasteiger partial charge in [-0.15, -0.1) is 0 Å². The molecule has 0 spiro atoms. The minimum atomic E-state index is -0.0448. The second kappa shape index (κ2) is 7.24. The predicted molar refractivity (Wildman–Crippen MR) is 80.3 cm³/mol. The summed E-state index contributed by atoms with van der Waals surface area (Å²) in [6.45, 7) is 2.75. The second-order valence-corrected chi connectivity index (χ2v) is 5.43. The summed E-state index contributed by atoms with van der Waals surface area (Å²) in [5.74, 6) is 6.66. The van der Waals surface area contributed by atoms with Crippen molar-refractivity contribution in [2.75, 3.05) is 12.0 Å². The smallest absolute Gasteiger partial charge is 0.251 e. The van der Waals surface area contributed by atoms with Crippen LogP contribution < -0.4 is 16.6 Å². The molecule has 0 unspecified atom stereocenters. The number of nitrogens with zero attached hydrogens (tertiary/aromatic N) is 1. The van der Waals surface area contributed by atoms with Crippen LogP contribution in [-0.2, 0) is 6.42 Å². The number of nitrogens with two attached hydrogens (primary N) is 1. The van der Waals surface area contributed by atoms with Crippen LogP contribution in [-0.4, -0.2) is 17.4 Å². The molecule has 0 bridgehead atoms. The monoisotopic (exact) mass is 276 g/mol. The summed E-state index contributed by atoms with van der Waals surface area (Å²) in [7, 11) is 0. The molecule has 1 aliphatic rings. The molecule has 1 saturated carbocycles. The Labute approximate surface area is 120 Å². The Balaban J connectivity index is 1.90. The zero-order valence-electron chi connectivity index (χ0n) is 12.1. The fourth-order valence-electron chi connectivity index (χ4n) is 2.76.